The average molecular weight is 222 g/mol. The molecule has 0 aliphatic carbocycles. The molecule has 0 amide bonds. The van der Waals surface area contributed by atoms with E-state index >= 15 is 0 Å². The molecule has 0 rings (SSSR count). The third kappa shape index (κ3) is 11.4. The molecule has 4 nitrogen and oxygen atoms in total. The van der Waals surface area contributed by atoms with Crippen LogP contribution >= 0.6 is 0 Å². The van der Waals surface area contributed by atoms with Gasteiger partial charge in [-0.25, -0.2) is 8.42 Å². The topological polar surface area (TPSA) is 71.4 Å². The van der Waals surface area contributed by atoms with Gasteiger partial charge in [-0.1, -0.05) is 19.3 Å². The van der Waals surface area contributed by atoms with Crippen LogP contribution in [0.15, 0.2) is 0 Å². The van der Waals surface area contributed by atoms with E-state index in [1.165, 1.54) is 6.26 Å². The summed E-state index contributed by atoms with van der Waals surface area (Å²) in [7, 11) is -2.82. The number of carbonyl (C=O) groups is 1. The molecule has 0 aliphatic rings. The molecule has 0 fully saturated rings. The highest BCUT2D eigenvalue weighted by molar-refractivity contribution is 7.90. The normalized spacial score (nSPS) is 11.5. The lowest BCUT2D eigenvalue weighted by molar-refractivity contribution is -0.137. The summed E-state index contributed by atoms with van der Waals surface area (Å²) in [5.74, 6) is -0.521. The summed E-state index contributed by atoms with van der Waals surface area (Å²) in [6.45, 7) is 0. The van der Waals surface area contributed by atoms with E-state index in [1.807, 2.05) is 0 Å². The van der Waals surface area contributed by atoms with E-state index in [2.05, 4.69) is 0 Å². The lowest BCUT2D eigenvalue weighted by atomic mass is 10.1. The Labute approximate surface area is 85.2 Å². The number of sulfone groups is 1. The molecule has 0 aromatic heterocycles. The van der Waals surface area contributed by atoms with Crippen LogP contribution in [0.2, 0.25) is 0 Å². The first-order chi connectivity index (χ1) is 6.42. The van der Waals surface area contributed by atoms with Crippen molar-refractivity contribution in [3.8, 4) is 0 Å². The molecule has 0 bridgehead atoms. The van der Waals surface area contributed by atoms with E-state index in [-0.39, 0.29) is 12.2 Å². The summed E-state index contributed by atoms with van der Waals surface area (Å²) in [6, 6.07) is 0. The van der Waals surface area contributed by atoms with Crippen LogP contribution in [0.3, 0.4) is 0 Å². The Kier molecular flexibility index (Phi) is 6.53. The van der Waals surface area contributed by atoms with Crippen LogP contribution in [0.25, 0.3) is 0 Å². The standard InChI is InChI=1S/C9H18O4S/c1-14(12,13)8-6-4-2-3-5-7-9(10)11/h2-8H2,1H3,(H,10,11). The summed E-state index contributed by atoms with van der Waals surface area (Å²) < 4.78 is 21.5. The molecule has 0 saturated carbocycles. The lowest BCUT2D eigenvalue weighted by Crippen LogP contribution is -2.02. The Morgan fingerprint density at radius 1 is 1.07 bits per heavy atom. The minimum atomic E-state index is -2.82. The van der Waals surface area contributed by atoms with Crippen LogP contribution in [0.4, 0.5) is 0 Å². The van der Waals surface area contributed by atoms with Crippen LogP contribution < -0.4 is 0 Å². The van der Waals surface area contributed by atoms with E-state index in [0.717, 1.165) is 19.3 Å². The highest BCUT2D eigenvalue weighted by Crippen LogP contribution is 2.06. The van der Waals surface area contributed by atoms with Gasteiger partial charge in [0.1, 0.15) is 9.84 Å². The van der Waals surface area contributed by atoms with E-state index in [1.54, 1.807) is 0 Å². The maximum atomic E-state index is 10.7. The SMILES string of the molecule is CS(=O)(=O)CCCCCCCC(=O)O. The molecule has 5 heteroatoms. The Balaban J connectivity index is 3.19. The Morgan fingerprint density at radius 2 is 1.57 bits per heavy atom. The van der Waals surface area contributed by atoms with Crippen LogP contribution in [-0.4, -0.2) is 31.5 Å². The van der Waals surface area contributed by atoms with Crippen LogP contribution in [0.1, 0.15) is 38.5 Å². The zero-order valence-electron chi connectivity index (χ0n) is 8.53. The molecule has 0 aromatic rings. The molecular formula is C9H18O4S. The van der Waals surface area contributed by atoms with Crippen molar-refractivity contribution in [3.63, 3.8) is 0 Å². The smallest absolute Gasteiger partial charge is 0.303 e. The van der Waals surface area contributed by atoms with E-state index in [4.69, 9.17) is 5.11 Å². The quantitative estimate of drug-likeness (QED) is 0.631. The molecule has 0 saturated heterocycles. The van der Waals surface area contributed by atoms with Gasteiger partial charge in [-0.2, -0.15) is 0 Å². The fourth-order valence-electron chi connectivity index (χ4n) is 1.17. The van der Waals surface area contributed by atoms with Gasteiger partial charge in [0, 0.05) is 18.4 Å². The van der Waals surface area contributed by atoms with Crippen molar-refractivity contribution in [3.05, 3.63) is 0 Å². The van der Waals surface area contributed by atoms with Gasteiger partial charge in [0.25, 0.3) is 0 Å². The van der Waals surface area contributed by atoms with E-state index < -0.39 is 15.8 Å². The maximum absolute atomic E-state index is 10.7. The molecule has 0 atom stereocenters. The second-order valence-electron chi connectivity index (χ2n) is 3.54. The molecule has 84 valence electrons. The highest BCUT2D eigenvalue weighted by Gasteiger charge is 2.01. The third-order valence-corrected chi connectivity index (χ3v) is 2.94. The van der Waals surface area contributed by atoms with Crippen molar-refractivity contribution in [2.24, 2.45) is 0 Å². The predicted octanol–water partition coefficient (Wildman–Crippen LogP) is 1.46. The first-order valence-corrected chi connectivity index (χ1v) is 6.87. The summed E-state index contributed by atoms with van der Waals surface area (Å²) >= 11 is 0. The Hall–Kier alpha value is -0.580. The first-order valence-electron chi connectivity index (χ1n) is 4.81. The largest absolute Gasteiger partial charge is 0.481 e. The predicted molar refractivity (Wildman–Crippen MR) is 55.0 cm³/mol. The van der Waals surface area contributed by atoms with Gasteiger partial charge in [-0.3, -0.25) is 4.79 Å². The minimum Gasteiger partial charge on any atom is -0.481 e. The van der Waals surface area contributed by atoms with Gasteiger partial charge < -0.3 is 5.11 Å². The van der Waals surface area contributed by atoms with Crippen molar-refractivity contribution < 1.29 is 18.3 Å². The average Bonchev–Trinajstić information content (AvgIpc) is 2.00. The van der Waals surface area contributed by atoms with Gasteiger partial charge in [0.2, 0.25) is 0 Å². The first kappa shape index (κ1) is 13.4. The molecule has 0 aliphatic heterocycles. The minimum absolute atomic E-state index is 0.214. The van der Waals surface area contributed by atoms with E-state index in [9.17, 15) is 13.2 Å². The van der Waals surface area contributed by atoms with Crippen molar-refractivity contribution in [1.82, 2.24) is 0 Å². The van der Waals surface area contributed by atoms with Crippen LogP contribution in [0, 0.1) is 0 Å². The summed E-state index contributed by atoms with van der Waals surface area (Å²) in [4.78, 5) is 10.1. The molecule has 0 heterocycles. The van der Waals surface area contributed by atoms with Gasteiger partial charge in [0.15, 0.2) is 0 Å². The van der Waals surface area contributed by atoms with E-state index in [0.29, 0.717) is 12.8 Å². The summed E-state index contributed by atoms with van der Waals surface area (Å²) in [5, 5.41) is 8.34. The molecule has 14 heavy (non-hydrogen) atoms. The van der Waals surface area contributed by atoms with Crippen molar-refractivity contribution >= 4 is 15.8 Å². The highest BCUT2D eigenvalue weighted by atomic mass is 32.2. The van der Waals surface area contributed by atoms with Crippen molar-refractivity contribution in [2.45, 2.75) is 38.5 Å². The number of carboxylic acids is 1. The van der Waals surface area contributed by atoms with Gasteiger partial charge in [0.05, 0.1) is 0 Å². The summed E-state index contributed by atoms with van der Waals surface area (Å²) in [5.41, 5.74) is 0. The van der Waals surface area contributed by atoms with Crippen LogP contribution in [0.5, 0.6) is 0 Å². The fourth-order valence-corrected chi connectivity index (χ4v) is 1.90. The number of unbranched alkanes of at least 4 members (excludes halogenated alkanes) is 4. The molecule has 0 aromatic carbocycles. The number of hydrogen-bond donors (Lipinski definition) is 1. The number of aliphatic carboxylic acids is 1. The summed E-state index contributed by atoms with van der Waals surface area (Å²) in [6.07, 6.45) is 5.48. The molecule has 0 unspecified atom stereocenters. The third-order valence-electron chi connectivity index (χ3n) is 1.91. The van der Waals surface area contributed by atoms with Gasteiger partial charge in [-0.05, 0) is 12.8 Å². The maximum Gasteiger partial charge on any atom is 0.303 e. The van der Waals surface area contributed by atoms with Crippen LogP contribution in [-0.2, 0) is 14.6 Å². The number of carboxylic acid groups (broad SMARTS) is 1. The lowest BCUT2D eigenvalue weighted by Gasteiger charge is -1.99. The zero-order chi connectivity index (χ0) is 11.0. The molecule has 0 spiro atoms. The van der Waals surface area contributed by atoms with Gasteiger partial charge >= 0.3 is 5.97 Å². The second kappa shape index (κ2) is 6.81. The second-order valence-corrected chi connectivity index (χ2v) is 5.80. The van der Waals surface area contributed by atoms with Gasteiger partial charge in [-0.15, -0.1) is 0 Å². The van der Waals surface area contributed by atoms with Crippen molar-refractivity contribution in [2.75, 3.05) is 12.0 Å². The number of hydrogen-bond acceptors (Lipinski definition) is 3. The number of rotatable bonds is 8. The Morgan fingerprint density at radius 3 is 2.07 bits per heavy atom. The molecule has 1 N–H and O–H groups in total. The fraction of sp³-hybridized carbons (Fsp3) is 0.889. The molecular weight excluding hydrogens is 204 g/mol. The Bertz CT molecular complexity index is 256. The zero-order valence-corrected chi connectivity index (χ0v) is 9.35. The van der Waals surface area contributed by atoms with Crippen molar-refractivity contribution in [1.29, 1.82) is 0 Å². The molecule has 0 radical (unpaired) electrons. The monoisotopic (exact) mass is 222 g/mol.